The van der Waals surface area contributed by atoms with Crippen LogP contribution in [0.15, 0.2) is 53.4 Å². The van der Waals surface area contributed by atoms with E-state index in [-0.39, 0.29) is 6.54 Å². The maximum absolute atomic E-state index is 13.2. The molecule has 0 aliphatic carbocycles. The van der Waals surface area contributed by atoms with E-state index < -0.39 is 37.6 Å². The van der Waals surface area contributed by atoms with Gasteiger partial charge in [-0.3, -0.25) is 19.2 Å². The molecule has 8 nitrogen and oxygen atoms in total. The second-order valence-corrected chi connectivity index (χ2v) is 7.66. The van der Waals surface area contributed by atoms with Crippen LogP contribution in [0.5, 0.6) is 0 Å². The third-order valence-electron chi connectivity index (χ3n) is 4.04. The van der Waals surface area contributed by atoms with Crippen LogP contribution in [-0.4, -0.2) is 32.0 Å². The van der Waals surface area contributed by atoms with Crippen molar-refractivity contribution in [1.29, 1.82) is 0 Å². The van der Waals surface area contributed by atoms with E-state index in [9.17, 15) is 23.3 Å². The molecule has 1 heterocycles. The molecule has 0 radical (unpaired) electrons. The van der Waals surface area contributed by atoms with Crippen LogP contribution in [-0.2, 0) is 26.0 Å². The van der Waals surface area contributed by atoms with Gasteiger partial charge in [0.05, 0.1) is 17.2 Å². The van der Waals surface area contributed by atoms with E-state index in [1.807, 2.05) is 0 Å². The number of hydrogen-bond donors (Lipinski definition) is 0. The van der Waals surface area contributed by atoms with Crippen molar-refractivity contribution in [3.63, 3.8) is 0 Å². The van der Waals surface area contributed by atoms with Gasteiger partial charge in [0.15, 0.2) is 4.90 Å². The first-order valence-electron chi connectivity index (χ1n) is 7.82. The van der Waals surface area contributed by atoms with Crippen molar-refractivity contribution in [2.45, 2.75) is 24.3 Å². The minimum atomic E-state index is -4.22. The van der Waals surface area contributed by atoms with Gasteiger partial charge < -0.3 is 4.74 Å². The number of carbonyl (C=O) groups is 1. The van der Waals surface area contributed by atoms with E-state index in [4.69, 9.17) is 4.74 Å². The van der Waals surface area contributed by atoms with Crippen LogP contribution in [0, 0.1) is 10.1 Å². The van der Waals surface area contributed by atoms with Crippen LogP contribution in [0.2, 0.25) is 0 Å². The fourth-order valence-electron chi connectivity index (χ4n) is 3.01. The average molecular weight is 376 g/mol. The number of ether oxygens (including phenoxy) is 1. The fourth-order valence-corrected chi connectivity index (χ4v) is 4.70. The van der Waals surface area contributed by atoms with Gasteiger partial charge in [-0.2, -0.15) is 0 Å². The number of fused-ring (bicyclic) bond motifs is 1. The van der Waals surface area contributed by atoms with Crippen molar-refractivity contribution < 1.29 is 22.9 Å². The number of para-hydroxylation sites is 2. The third-order valence-corrected chi connectivity index (χ3v) is 5.87. The molecule has 0 amide bonds. The average Bonchev–Trinajstić information content (AvgIpc) is 2.60. The zero-order chi connectivity index (χ0) is 18.9. The summed E-state index contributed by atoms with van der Waals surface area (Å²) in [7, 11) is -4.22. The van der Waals surface area contributed by atoms with Crippen LogP contribution >= 0.6 is 0 Å². The van der Waals surface area contributed by atoms with Crippen LogP contribution in [0.3, 0.4) is 0 Å². The number of rotatable bonds is 4. The highest BCUT2D eigenvalue weighted by molar-refractivity contribution is 7.93. The Balaban J connectivity index is 2.12. The van der Waals surface area contributed by atoms with Gasteiger partial charge in [-0.25, -0.2) is 8.42 Å². The second kappa shape index (κ2) is 6.75. The second-order valence-electron chi connectivity index (χ2n) is 5.83. The Hall–Kier alpha value is -2.94. The first-order valence-corrected chi connectivity index (χ1v) is 9.26. The highest BCUT2D eigenvalue weighted by Gasteiger charge is 2.37. The van der Waals surface area contributed by atoms with Crippen molar-refractivity contribution in [3.8, 4) is 0 Å². The van der Waals surface area contributed by atoms with Gasteiger partial charge >= 0.3 is 5.97 Å². The molecule has 0 saturated heterocycles. The number of benzene rings is 2. The Bertz CT molecular complexity index is 973. The summed E-state index contributed by atoms with van der Waals surface area (Å²) in [4.78, 5) is 21.4. The lowest BCUT2D eigenvalue weighted by molar-refractivity contribution is -0.387. The number of nitro benzene ring substituents is 1. The van der Waals surface area contributed by atoms with Crippen LogP contribution in [0.1, 0.15) is 12.5 Å². The Morgan fingerprint density at radius 3 is 2.54 bits per heavy atom. The number of nitrogens with zero attached hydrogens (tertiary/aromatic N) is 2. The van der Waals surface area contributed by atoms with Gasteiger partial charge in [0.2, 0.25) is 0 Å². The zero-order valence-corrected chi connectivity index (χ0v) is 14.7. The molecule has 1 aliphatic heterocycles. The highest BCUT2D eigenvalue weighted by Crippen LogP contribution is 2.35. The first-order chi connectivity index (χ1) is 12.3. The summed E-state index contributed by atoms with van der Waals surface area (Å²) in [6, 6.07) is 12.0. The maximum Gasteiger partial charge on any atom is 0.302 e. The van der Waals surface area contributed by atoms with Gasteiger partial charge in [-0.1, -0.05) is 30.3 Å². The van der Waals surface area contributed by atoms with Gasteiger partial charge in [0, 0.05) is 19.4 Å². The fraction of sp³-hybridized carbons (Fsp3) is 0.235. The molecule has 0 bridgehead atoms. The Labute approximate surface area is 150 Å². The molecule has 0 aromatic heterocycles. The minimum absolute atomic E-state index is 0.106. The summed E-state index contributed by atoms with van der Waals surface area (Å²) in [6.45, 7) is 1.15. The Morgan fingerprint density at radius 2 is 1.85 bits per heavy atom. The van der Waals surface area contributed by atoms with E-state index in [0.29, 0.717) is 17.7 Å². The largest absolute Gasteiger partial charge is 0.460 e. The van der Waals surface area contributed by atoms with E-state index in [0.717, 1.165) is 10.4 Å². The number of nitro groups is 1. The standard InChI is InChI=1S/C17H16N2O6S/c1-12(20)25-14-10-13-6-2-3-7-15(13)18(11-14)26(23,24)17-9-5-4-8-16(17)19(21)22/h2-9,14H,10-11H2,1H3. The molecule has 0 saturated carbocycles. The number of sulfonamides is 1. The maximum atomic E-state index is 13.2. The van der Waals surface area contributed by atoms with Crippen molar-refractivity contribution in [1.82, 2.24) is 0 Å². The number of hydrogen-bond acceptors (Lipinski definition) is 6. The molecule has 136 valence electrons. The smallest absolute Gasteiger partial charge is 0.302 e. The highest BCUT2D eigenvalue weighted by atomic mass is 32.2. The van der Waals surface area contributed by atoms with E-state index in [1.54, 1.807) is 24.3 Å². The van der Waals surface area contributed by atoms with Crippen LogP contribution < -0.4 is 4.31 Å². The summed E-state index contributed by atoms with van der Waals surface area (Å²) in [6.07, 6.45) is -0.293. The van der Waals surface area contributed by atoms with E-state index in [1.165, 1.54) is 25.1 Å². The molecule has 0 N–H and O–H groups in total. The van der Waals surface area contributed by atoms with Gasteiger partial charge in [0.25, 0.3) is 15.7 Å². The topological polar surface area (TPSA) is 107 Å². The van der Waals surface area contributed by atoms with Crippen LogP contribution in [0.4, 0.5) is 11.4 Å². The molecular formula is C17H16N2O6S. The number of esters is 1. The first kappa shape index (κ1) is 17.9. The van der Waals surface area contributed by atoms with Crippen molar-refractivity contribution >= 4 is 27.4 Å². The van der Waals surface area contributed by atoms with Crippen LogP contribution in [0.25, 0.3) is 0 Å². The lowest BCUT2D eigenvalue weighted by atomic mass is 10.0. The van der Waals surface area contributed by atoms with Gasteiger partial charge in [-0.05, 0) is 17.7 Å². The molecule has 3 rings (SSSR count). The lowest BCUT2D eigenvalue weighted by Crippen LogP contribution is -2.44. The normalized spacial score (nSPS) is 16.7. The van der Waals surface area contributed by atoms with Gasteiger partial charge in [-0.15, -0.1) is 0 Å². The number of anilines is 1. The minimum Gasteiger partial charge on any atom is -0.460 e. The quantitative estimate of drug-likeness (QED) is 0.460. The van der Waals surface area contributed by atoms with E-state index >= 15 is 0 Å². The van der Waals surface area contributed by atoms with Gasteiger partial charge in [0.1, 0.15) is 6.10 Å². The molecule has 0 spiro atoms. The Kier molecular flexibility index (Phi) is 4.64. The van der Waals surface area contributed by atoms with E-state index in [2.05, 4.69) is 0 Å². The molecule has 1 unspecified atom stereocenters. The van der Waals surface area contributed by atoms with Crippen molar-refractivity contribution in [2.24, 2.45) is 0 Å². The third kappa shape index (κ3) is 3.25. The molecular weight excluding hydrogens is 360 g/mol. The summed E-state index contributed by atoms with van der Waals surface area (Å²) in [5, 5.41) is 11.3. The van der Waals surface area contributed by atoms with Crippen molar-refractivity contribution in [2.75, 3.05) is 10.8 Å². The molecule has 9 heteroatoms. The predicted molar refractivity (Wildman–Crippen MR) is 93.3 cm³/mol. The zero-order valence-electron chi connectivity index (χ0n) is 13.9. The predicted octanol–water partition coefficient (Wildman–Crippen LogP) is 2.28. The molecule has 1 aliphatic rings. The molecule has 1 atom stereocenters. The molecule has 2 aromatic carbocycles. The SMILES string of the molecule is CC(=O)OC1Cc2ccccc2N(S(=O)(=O)c2ccccc2[N+](=O)[O-])C1. The summed E-state index contributed by atoms with van der Waals surface area (Å²) in [5.41, 5.74) is 0.612. The lowest BCUT2D eigenvalue weighted by Gasteiger charge is -2.34. The Morgan fingerprint density at radius 1 is 1.19 bits per heavy atom. The summed E-state index contributed by atoms with van der Waals surface area (Å²) < 4.78 is 32.7. The monoisotopic (exact) mass is 376 g/mol. The molecule has 2 aromatic rings. The summed E-state index contributed by atoms with van der Waals surface area (Å²) >= 11 is 0. The molecule has 26 heavy (non-hydrogen) atoms. The number of carbonyl (C=O) groups excluding carboxylic acids is 1. The summed E-state index contributed by atoms with van der Waals surface area (Å²) in [5.74, 6) is -0.516. The van der Waals surface area contributed by atoms with Crippen molar-refractivity contribution in [3.05, 3.63) is 64.2 Å². The molecule has 0 fully saturated rings.